The molecule has 0 amide bonds. The van der Waals surface area contributed by atoms with Gasteiger partial charge >= 0.3 is 0 Å². The highest BCUT2D eigenvalue weighted by Crippen LogP contribution is 2.26. The molecular weight excluding hydrogens is 246 g/mol. The maximum absolute atomic E-state index is 10.6. The van der Waals surface area contributed by atoms with Crippen LogP contribution in [0.1, 0.15) is 28.5 Å². The zero-order valence-electron chi connectivity index (χ0n) is 11.7. The lowest BCUT2D eigenvalue weighted by molar-refractivity contribution is 0.214. The number of aryl methyl sites for hydroxylation is 2. The summed E-state index contributed by atoms with van der Waals surface area (Å²) < 4.78 is 0. The van der Waals surface area contributed by atoms with Crippen molar-refractivity contribution < 1.29 is 5.11 Å². The van der Waals surface area contributed by atoms with E-state index in [4.69, 9.17) is 0 Å². The van der Waals surface area contributed by atoms with Crippen molar-refractivity contribution in [2.75, 3.05) is 0 Å². The Balaban J connectivity index is 2.05. The van der Waals surface area contributed by atoms with Gasteiger partial charge in [-0.15, -0.1) is 0 Å². The first-order valence-electron chi connectivity index (χ1n) is 6.75. The van der Waals surface area contributed by atoms with Gasteiger partial charge in [0.1, 0.15) is 6.10 Å². The molecule has 0 aliphatic carbocycles. The fraction of sp³-hybridized carbons (Fsp3) is 0.167. The number of aliphatic hydroxyl groups excluding tert-OH is 1. The minimum Gasteiger partial charge on any atom is -0.382 e. The van der Waals surface area contributed by atoms with Crippen LogP contribution in [0.2, 0.25) is 0 Å². The molecule has 0 fully saturated rings. The number of aliphatic hydroxyl groups is 1. The molecule has 0 spiro atoms. The van der Waals surface area contributed by atoms with Crippen LogP contribution in [0.5, 0.6) is 0 Å². The van der Waals surface area contributed by atoms with E-state index in [0.29, 0.717) is 0 Å². The first kappa shape index (κ1) is 12.8. The lowest BCUT2D eigenvalue weighted by Gasteiger charge is -2.14. The van der Waals surface area contributed by atoms with Crippen LogP contribution in [-0.4, -0.2) is 10.1 Å². The van der Waals surface area contributed by atoms with E-state index in [-0.39, 0.29) is 0 Å². The van der Waals surface area contributed by atoms with Crippen LogP contribution < -0.4 is 0 Å². The summed E-state index contributed by atoms with van der Waals surface area (Å²) >= 11 is 0. The third-order valence-corrected chi connectivity index (χ3v) is 3.60. The third-order valence-electron chi connectivity index (χ3n) is 3.60. The van der Waals surface area contributed by atoms with Crippen LogP contribution in [0.4, 0.5) is 0 Å². The zero-order chi connectivity index (χ0) is 14.1. The monoisotopic (exact) mass is 263 g/mol. The van der Waals surface area contributed by atoms with Crippen molar-refractivity contribution >= 4 is 10.8 Å². The first-order chi connectivity index (χ1) is 9.65. The number of hydrogen-bond acceptors (Lipinski definition) is 2. The van der Waals surface area contributed by atoms with Crippen molar-refractivity contribution in [2.45, 2.75) is 20.0 Å². The Morgan fingerprint density at radius 2 is 1.70 bits per heavy atom. The molecule has 2 aromatic carbocycles. The van der Waals surface area contributed by atoms with Crippen LogP contribution in [-0.2, 0) is 0 Å². The molecule has 3 rings (SSSR count). The second kappa shape index (κ2) is 5.06. The van der Waals surface area contributed by atoms with E-state index in [9.17, 15) is 5.11 Å². The number of hydrogen-bond donors (Lipinski definition) is 1. The van der Waals surface area contributed by atoms with Crippen LogP contribution >= 0.6 is 0 Å². The SMILES string of the molecule is Cc1cnc(C(O)c2ccc3ccccc3c2)c(C)c1. The quantitative estimate of drug-likeness (QED) is 0.760. The summed E-state index contributed by atoms with van der Waals surface area (Å²) in [5.41, 5.74) is 3.73. The van der Waals surface area contributed by atoms with E-state index in [1.54, 1.807) is 6.20 Å². The highest BCUT2D eigenvalue weighted by atomic mass is 16.3. The third kappa shape index (κ3) is 2.30. The van der Waals surface area contributed by atoms with Gasteiger partial charge in [0.05, 0.1) is 5.69 Å². The molecule has 3 aromatic rings. The fourth-order valence-electron chi connectivity index (χ4n) is 2.55. The molecule has 0 saturated carbocycles. The maximum Gasteiger partial charge on any atom is 0.121 e. The van der Waals surface area contributed by atoms with Gasteiger partial charge in [-0.25, -0.2) is 0 Å². The first-order valence-corrected chi connectivity index (χ1v) is 6.75. The molecule has 0 bridgehead atoms. The van der Waals surface area contributed by atoms with Gasteiger partial charge < -0.3 is 5.11 Å². The van der Waals surface area contributed by atoms with Gasteiger partial charge in [-0.2, -0.15) is 0 Å². The Bertz CT molecular complexity index is 764. The van der Waals surface area contributed by atoms with Crippen molar-refractivity contribution in [3.8, 4) is 0 Å². The molecule has 0 radical (unpaired) electrons. The van der Waals surface area contributed by atoms with E-state index in [1.165, 1.54) is 5.39 Å². The van der Waals surface area contributed by atoms with Crippen molar-refractivity contribution in [1.82, 2.24) is 4.98 Å². The second-order valence-corrected chi connectivity index (χ2v) is 5.22. The van der Waals surface area contributed by atoms with Gasteiger partial charge in [0.2, 0.25) is 0 Å². The molecule has 1 atom stereocenters. The van der Waals surface area contributed by atoms with Crippen LogP contribution in [0, 0.1) is 13.8 Å². The molecule has 0 aliphatic rings. The van der Waals surface area contributed by atoms with Gasteiger partial charge in [-0.05, 0) is 47.4 Å². The predicted octanol–water partition coefficient (Wildman–Crippen LogP) is 3.93. The van der Waals surface area contributed by atoms with Gasteiger partial charge in [-0.3, -0.25) is 4.98 Å². The van der Waals surface area contributed by atoms with Crippen molar-refractivity contribution in [1.29, 1.82) is 0 Å². The van der Waals surface area contributed by atoms with E-state index >= 15 is 0 Å². The topological polar surface area (TPSA) is 33.1 Å². The molecule has 1 N–H and O–H groups in total. The van der Waals surface area contributed by atoms with Crippen LogP contribution in [0.3, 0.4) is 0 Å². The molecule has 20 heavy (non-hydrogen) atoms. The lowest BCUT2D eigenvalue weighted by atomic mass is 9.99. The number of pyridine rings is 1. The van der Waals surface area contributed by atoms with Crippen molar-refractivity contribution in [3.05, 3.63) is 77.1 Å². The average molecular weight is 263 g/mol. The van der Waals surface area contributed by atoms with E-state index < -0.39 is 6.10 Å². The molecule has 1 aromatic heterocycles. The summed E-state index contributed by atoms with van der Waals surface area (Å²) in [5, 5.41) is 12.9. The Hall–Kier alpha value is -2.19. The van der Waals surface area contributed by atoms with E-state index in [1.807, 2.05) is 50.2 Å². The average Bonchev–Trinajstić information content (AvgIpc) is 2.46. The van der Waals surface area contributed by atoms with Crippen LogP contribution in [0.15, 0.2) is 54.7 Å². The largest absolute Gasteiger partial charge is 0.382 e. The molecule has 2 heteroatoms. The summed E-state index contributed by atoms with van der Waals surface area (Å²) in [6.07, 6.45) is 1.12. The molecular formula is C18H17NO. The minimum atomic E-state index is -0.680. The summed E-state index contributed by atoms with van der Waals surface area (Å²) in [6, 6.07) is 16.2. The number of nitrogens with zero attached hydrogens (tertiary/aromatic N) is 1. The van der Waals surface area contributed by atoms with Crippen LogP contribution in [0.25, 0.3) is 10.8 Å². The molecule has 2 nitrogen and oxygen atoms in total. The summed E-state index contributed by atoms with van der Waals surface area (Å²) in [7, 11) is 0. The Kier molecular flexibility index (Phi) is 3.25. The van der Waals surface area contributed by atoms with Gasteiger partial charge in [-0.1, -0.05) is 42.5 Å². The highest BCUT2D eigenvalue weighted by molar-refractivity contribution is 5.83. The van der Waals surface area contributed by atoms with Gasteiger partial charge in [0.15, 0.2) is 0 Å². The molecule has 1 unspecified atom stereocenters. The lowest BCUT2D eigenvalue weighted by Crippen LogP contribution is -2.05. The van der Waals surface area contributed by atoms with Crippen molar-refractivity contribution in [2.24, 2.45) is 0 Å². The molecule has 0 aliphatic heterocycles. The molecule has 1 heterocycles. The highest BCUT2D eigenvalue weighted by Gasteiger charge is 2.14. The number of fused-ring (bicyclic) bond motifs is 1. The van der Waals surface area contributed by atoms with Gasteiger partial charge in [0, 0.05) is 6.20 Å². The Morgan fingerprint density at radius 1 is 0.950 bits per heavy atom. The smallest absolute Gasteiger partial charge is 0.121 e. The fourth-order valence-corrected chi connectivity index (χ4v) is 2.55. The Labute approximate surface area is 118 Å². The summed E-state index contributed by atoms with van der Waals surface area (Å²) in [4.78, 5) is 4.38. The predicted molar refractivity (Wildman–Crippen MR) is 81.7 cm³/mol. The number of benzene rings is 2. The molecule has 0 saturated heterocycles. The molecule has 100 valence electrons. The second-order valence-electron chi connectivity index (χ2n) is 5.22. The van der Waals surface area contributed by atoms with Crippen molar-refractivity contribution in [3.63, 3.8) is 0 Å². The number of aromatic nitrogens is 1. The van der Waals surface area contributed by atoms with E-state index in [2.05, 4.69) is 17.1 Å². The number of rotatable bonds is 2. The summed E-state index contributed by atoms with van der Waals surface area (Å²) in [5.74, 6) is 0. The normalized spacial score (nSPS) is 12.6. The Morgan fingerprint density at radius 3 is 2.45 bits per heavy atom. The zero-order valence-corrected chi connectivity index (χ0v) is 11.7. The maximum atomic E-state index is 10.6. The summed E-state index contributed by atoms with van der Waals surface area (Å²) in [6.45, 7) is 3.99. The minimum absolute atomic E-state index is 0.680. The standard InChI is InChI=1S/C18H17NO/c1-12-9-13(2)17(19-11-12)18(20)16-8-7-14-5-3-4-6-15(14)10-16/h3-11,18,20H,1-2H3. The van der Waals surface area contributed by atoms with Gasteiger partial charge in [0.25, 0.3) is 0 Å². The van der Waals surface area contributed by atoms with E-state index in [0.717, 1.165) is 27.8 Å².